The first-order valence-corrected chi connectivity index (χ1v) is 7.95. The Morgan fingerprint density at radius 2 is 1.85 bits per heavy atom. The van der Waals surface area contributed by atoms with Gasteiger partial charge in [-0.25, -0.2) is 4.68 Å². The van der Waals surface area contributed by atoms with Gasteiger partial charge in [-0.05, 0) is 55.5 Å². The lowest BCUT2D eigenvalue weighted by Gasteiger charge is -2.10. The van der Waals surface area contributed by atoms with Crippen LogP contribution < -0.4 is 4.74 Å². The van der Waals surface area contributed by atoms with Crippen molar-refractivity contribution in [2.45, 2.75) is 19.6 Å². The van der Waals surface area contributed by atoms with Gasteiger partial charge in [0, 0.05) is 23.5 Å². The summed E-state index contributed by atoms with van der Waals surface area (Å²) >= 11 is 5.15. The van der Waals surface area contributed by atoms with Crippen LogP contribution in [0.3, 0.4) is 0 Å². The minimum Gasteiger partial charge on any atom is -0.435 e. The first kappa shape index (κ1) is 17.9. The van der Waals surface area contributed by atoms with Crippen molar-refractivity contribution in [2.75, 3.05) is 0 Å². The fraction of sp³-hybridized carbons (Fsp3) is 0.176. The number of aromatic nitrogens is 3. The number of Topliss-reactive ketones (excluding diaryl/α,β-unsaturated/α-hetero) is 1. The number of halogens is 2. The molecular formula is C17H13F2N3O3S. The van der Waals surface area contributed by atoms with E-state index in [0.717, 1.165) is 0 Å². The van der Waals surface area contributed by atoms with Gasteiger partial charge < -0.3 is 9.15 Å². The van der Waals surface area contributed by atoms with E-state index in [1.807, 2.05) is 0 Å². The fourth-order valence-electron chi connectivity index (χ4n) is 2.30. The van der Waals surface area contributed by atoms with Crippen molar-refractivity contribution in [1.29, 1.82) is 0 Å². The molecule has 9 heteroatoms. The van der Waals surface area contributed by atoms with E-state index < -0.39 is 12.7 Å². The van der Waals surface area contributed by atoms with Crippen molar-refractivity contribution in [2.24, 2.45) is 0 Å². The van der Waals surface area contributed by atoms with Crippen molar-refractivity contribution in [3.8, 4) is 17.2 Å². The molecule has 1 aromatic carbocycles. The second-order valence-electron chi connectivity index (χ2n) is 5.30. The largest absolute Gasteiger partial charge is 0.435 e. The van der Waals surface area contributed by atoms with Crippen LogP contribution in [0.1, 0.15) is 23.3 Å². The minimum atomic E-state index is -2.92. The Hall–Kier alpha value is -2.94. The molecule has 3 aromatic rings. The molecule has 0 unspecified atom stereocenters. The molecule has 0 fully saturated rings. The van der Waals surface area contributed by atoms with E-state index in [1.54, 1.807) is 31.5 Å². The molecule has 1 atom stereocenters. The van der Waals surface area contributed by atoms with E-state index in [9.17, 15) is 13.6 Å². The number of rotatable bonds is 6. The van der Waals surface area contributed by atoms with Crippen molar-refractivity contribution in [3.05, 3.63) is 59.2 Å². The van der Waals surface area contributed by atoms with Gasteiger partial charge in [-0.3, -0.25) is 9.78 Å². The van der Waals surface area contributed by atoms with Gasteiger partial charge in [-0.15, -0.1) is 5.10 Å². The molecule has 0 aliphatic carbocycles. The maximum atomic E-state index is 12.6. The summed E-state index contributed by atoms with van der Waals surface area (Å²) < 4.78 is 35.4. The average molecular weight is 377 g/mol. The summed E-state index contributed by atoms with van der Waals surface area (Å²) in [5.74, 6) is -0.0424. The molecule has 0 N–H and O–H groups in total. The second-order valence-corrected chi connectivity index (χ2v) is 5.65. The highest BCUT2D eigenvalue weighted by molar-refractivity contribution is 7.71. The zero-order valence-corrected chi connectivity index (χ0v) is 14.3. The number of nitrogens with zero attached hydrogens (tertiary/aromatic N) is 3. The second kappa shape index (κ2) is 7.52. The molecule has 0 spiro atoms. The van der Waals surface area contributed by atoms with Crippen LogP contribution >= 0.6 is 12.2 Å². The van der Waals surface area contributed by atoms with Crippen LogP contribution in [-0.4, -0.2) is 27.2 Å². The van der Waals surface area contributed by atoms with Gasteiger partial charge in [0.05, 0.1) is 0 Å². The van der Waals surface area contributed by atoms with Gasteiger partial charge in [0.15, 0.2) is 5.78 Å². The van der Waals surface area contributed by atoms with Crippen LogP contribution in [0.15, 0.2) is 53.2 Å². The third-order valence-corrected chi connectivity index (χ3v) is 3.88. The Morgan fingerprint density at radius 3 is 2.46 bits per heavy atom. The first-order chi connectivity index (χ1) is 12.5. The van der Waals surface area contributed by atoms with Crippen molar-refractivity contribution in [3.63, 3.8) is 0 Å². The van der Waals surface area contributed by atoms with Crippen LogP contribution in [0.5, 0.6) is 5.75 Å². The summed E-state index contributed by atoms with van der Waals surface area (Å²) in [6.07, 6.45) is 3.18. The highest BCUT2D eigenvalue weighted by atomic mass is 32.1. The molecule has 0 amide bonds. The van der Waals surface area contributed by atoms with Gasteiger partial charge in [0.2, 0.25) is 5.89 Å². The van der Waals surface area contributed by atoms with E-state index in [2.05, 4.69) is 14.8 Å². The Bertz CT molecular complexity index is 955. The minimum absolute atomic E-state index is 0.0257. The molecule has 0 radical (unpaired) electrons. The normalized spacial score (nSPS) is 12.2. The number of hydrogen-bond acceptors (Lipinski definition) is 6. The monoisotopic (exact) mass is 377 g/mol. The van der Waals surface area contributed by atoms with E-state index in [-0.39, 0.29) is 22.3 Å². The predicted molar refractivity (Wildman–Crippen MR) is 90.7 cm³/mol. The number of hydrogen-bond donors (Lipinski definition) is 0. The summed E-state index contributed by atoms with van der Waals surface area (Å²) in [7, 11) is 0. The maximum absolute atomic E-state index is 12.6. The van der Waals surface area contributed by atoms with Gasteiger partial charge in [-0.2, -0.15) is 8.78 Å². The third kappa shape index (κ3) is 3.83. The lowest BCUT2D eigenvalue weighted by atomic mass is 10.1. The smallest absolute Gasteiger partial charge is 0.387 e. The SMILES string of the molecule is C[C@H](C(=O)c1ccc(OC(F)F)cc1)n1nc(-c2ccncc2)oc1=S. The zero-order chi connectivity index (χ0) is 18.7. The maximum Gasteiger partial charge on any atom is 0.387 e. The molecule has 0 saturated carbocycles. The lowest BCUT2D eigenvalue weighted by Crippen LogP contribution is -2.18. The predicted octanol–water partition coefficient (Wildman–Crippen LogP) is 4.31. The van der Waals surface area contributed by atoms with E-state index >= 15 is 0 Å². The van der Waals surface area contributed by atoms with Gasteiger partial charge in [0.1, 0.15) is 11.8 Å². The van der Waals surface area contributed by atoms with Crippen molar-refractivity contribution in [1.82, 2.24) is 14.8 Å². The number of ketones is 1. The summed E-state index contributed by atoms with van der Waals surface area (Å²) in [6, 6.07) is 8.10. The highest BCUT2D eigenvalue weighted by Crippen LogP contribution is 2.22. The summed E-state index contributed by atoms with van der Waals surface area (Å²) in [5, 5.41) is 4.26. The first-order valence-electron chi connectivity index (χ1n) is 7.55. The van der Waals surface area contributed by atoms with Crippen LogP contribution in [0, 0.1) is 4.84 Å². The third-order valence-electron chi connectivity index (χ3n) is 3.61. The molecule has 3 rings (SSSR count). The number of carbonyl (C=O) groups excluding carboxylic acids is 1. The van der Waals surface area contributed by atoms with Crippen LogP contribution in [0.4, 0.5) is 8.78 Å². The zero-order valence-electron chi connectivity index (χ0n) is 13.5. The van der Waals surface area contributed by atoms with E-state index in [0.29, 0.717) is 11.1 Å². The molecule has 2 aromatic heterocycles. The molecule has 2 heterocycles. The van der Waals surface area contributed by atoms with E-state index in [1.165, 1.54) is 28.9 Å². The molecular weight excluding hydrogens is 364 g/mol. The molecule has 0 aliphatic heterocycles. The van der Waals surface area contributed by atoms with Gasteiger partial charge in [0.25, 0.3) is 4.84 Å². The molecule has 0 saturated heterocycles. The number of ether oxygens (including phenoxy) is 1. The number of carbonyl (C=O) groups is 1. The average Bonchev–Trinajstić information content (AvgIpc) is 3.03. The molecule has 0 aliphatic rings. The van der Waals surface area contributed by atoms with Crippen molar-refractivity contribution < 1.29 is 22.7 Å². The molecule has 0 bridgehead atoms. The molecule has 134 valence electrons. The van der Waals surface area contributed by atoms with Crippen LogP contribution in [0.25, 0.3) is 11.5 Å². The molecule has 26 heavy (non-hydrogen) atoms. The topological polar surface area (TPSA) is 70.2 Å². The van der Waals surface area contributed by atoms with E-state index in [4.69, 9.17) is 16.6 Å². The van der Waals surface area contributed by atoms with Crippen LogP contribution in [-0.2, 0) is 0 Å². The lowest BCUT2D eigenvalue weighted by molar-refractivity contribution is -0.0498. The Kier molecular flexibility index (Phi) is 5.17. The standard InChI is InChI=1S/C17H13F2N3O3S/c1-10(14(23)11-2-4-13(5-3-11)24-16(18)19)22-17(26)25-15(21-22)12-6-8-20-9-7-12/h2-10,16H,1H3/t10-/m1/s1. The number of alkyl halides is 2. The van der Waals surface area contributed by atoms with Gasteiger partial charge in [-0.1, -0.05) is 0 Å². The summed E-state index contributed by atoms with van der Waals surface area (Å²) in [5.41, 5.74) is 0.993. The summed E-state index contributed by atoms with van der Waals surface area (Å²) in [4.78, 5) is 16.6. The Balaban J connectivity index is 1.83. The number of pyridine rings is 1. The fourth-order valence-corrected chi connectivity index (χ4v) is 2.58. The highest BCUT2D eigenvalue weighted by Gasteiger charge is 2.21. The Labute approximate surface area is 152 Å². The Morgan fingerprint density at radius 1 is 1.19 bits per heavy atom. The number of benzene rings is 1. The van der Waals surface area contributed by atoms with Gasteiger partial charge >= 0.3 is 6.61 Å². The quantitative estimate of drug-likeness (QED) is 0.471. The summed E-state index contributed by atoms with van der Waals surface area (Å²) in [6.45, 7) is -1.30. The van der Waals surface area contributed by atoms with Crippen molar-refractivity contribution >= 4 is 18.0 Å². The van der Waals surface area contributed by atoms with Crippen LogP contribution in [0.2, 0.25) is 0 Å². The molecule has 6 nitrogen and oxygen atoms in total.